The van der Waals surface area contributed by atoms with Crippen molar-refractivity contribution in [3.05, 3.63) is 10.7 Å². The fourth-order valence-corrected chi connectivity index (χ4v) is 1.60. The minimum atomic E-state index is 0.445. The summed E-state index contributed by atoms with van der Waals surface area (Å²) in [6.45, 7) is 3.17. The van der Waals surface area contributed by atoms with E-state index < -0.39 is 0 Å². The van der Waals surface area contributed by atoms with Crippen molar-refractivity contribution in [3.63, 3.8) is 0 Å². The van der Waals surface area contributed by atoms with Gasteiger partial charge in [0.05, 0.1) is 0 Å². The van der Waals surface area contributed by atoms with Crippen molar-refractivity contribution in [2.45, 2.75) is 19.8 Å². The number of nitrogens with two attached hydrogens (primary N) is 1. The van der Waals surface area contributed by atoms with E-state index in [-0.39, 0.29) is 0 Å². The molecule has 0 aromatic carbocycles. The number of hydrogen-bond donors (Lipinski definition) is 2. The van der Waals surface area contributed by atoms with E-state index in [0.717, 1.165) is 6.54 Å². The second-order valence-corrected chi connectivity index (χ2v) is 4.92. The lowest BCUT2D eigenvalue weighted by atomic mass is 10.1. The van der Waals surface area contributed by atoms with Gasteiger partial charge >= 0.3 is 0 Å². The molecule has 2 rings (SSSR count). The Morgan fingerprint density at radius 1 is 1.57 bits per heavy atom. The molecule has 76 valence electrons. The van der Waals surface area contributed by atoms with Crippen LogP contribution in [-0.2, 0) is 0 Å². The van der Waals surface area contributed by atoms with Gasteiger partial charge in [0.15, 0.2) is 0 Å². The topological polar surface area (TPSA) is 63.8 Å². The third kappa shape index (κ3) is 2.35. The van der Waals surface area contributed by atoms with Crippen LogP contribution in [-0.4, -0.2) is 16.5 Å². The highest BCUT2D eigenvalue weighted by Gasteiger charge is 2.36. The van der Waals surface area contributed by atoms with Gasteiger partial charge in [0.2, 0.25) is 5.95 Å². The number of hydrogen-bond acceptors (Lipinski definition) is 4. The Morgan fingerprint density at radius 3 is 2.86 bits per heavy atom. The van der Waals surface area contributed by atoms with Crippen molar-refractivity contribution in [2.75, 3.05) is 17.6 Å². The number of rotatable bonds is 3. The standard InChI is InChI=1S/C9H13BrN4/c1-9(2-3-9)5-12-8-13-6(10)4-7(11)14-8/h4H,2-3,5H2,1H3,(H3,11,12,13,14). The molecule has 0 spiro atoms. The van der Waals surface area contributed by atoms with Crippen LogP contribution in [0.3, 0.4) is 0 Å². The molecule has 0 atom stereocenters. The summed E-state index contributed by atoms with van der Waals surface area (Å²) in [5.74, 6) is 1.08. The maximum atomic E-state index is 5.59. The third-order valence-corrected chi connectivity index (χ3v) is 2.90. The Balaban J connectivity index is 2.01. The van der Waals surface area contributed by atoms with Crippen LogP contribution in [0.2, 0.25) is 0 Å². The lowest BCUT2D eigenvalue weighted by Crippen LogP contribution is -2.14. The molecule has 1 heterocycles. The van der Waals surface area contributed by atoms with Crippen molar-refractivity contribution in [1.82, 2.24) is 9.97 Å². The fourth-order valence-electron chi connectivity index (χ4n) is 1.20. The highest BCUT2D eigenvalue weighted by atomic mass is 79.9. The molecule has 0 aliphatic heterocycles. The number of anilines is 2. The zero-order chi connectivity index (χ0) is 10.2. The van der Waals surface area contributed by atoms with Crippen LogP contribution in [0.25, 0.3) is 0 Å². The monoisotopic (exact) mass is 256 g/mol. The second kappa shape index (κ2) is 3.38. The maximum Gasteiger partial charge on any atom is 0.225 e. The fraction of sp³-hybridized carbons (Fsp3) is 0.556. The Morgan fingerprint density at radius 2 is 2.29 bits per heavy atom. The van der Waals surface area contributed by atoms with Gasteiger partial charge in [-0.3, -0.25) is 0 Å². The average Bonchev–Trinajstić information content (AvgIpc) is 2.80. The minimum Gasteiger partial charge on any atom is -0.383 e. The quantitative estimate of drug-likeness (QED) is 0.813. The van der Waals surface area contributed by atoms with E-state index in [9.17, 15) is 0 Å². The van der Waals surface area contributed by atoms with Gasteiger partial charge in [0, 0.05) is 12.6 Å². The molecule has 0 unspecified atom stereocenters. The van der Waals surface area contributed by atoms with Crippen molar-refractivity contribution in [3.8, 4) is 0 Å². The van der Waals surface area contributed by atoms with Crippen LogP contribution >= 0.6 is 15.9 Å². The SMILES string of the molecule is CC1(CNc2nc(N)cc(Br)n2)CC1. The summed E-state index contributed by atoms with van der Waals surface area (Å²) in [7, 11) is 0. The van der Waals surface area contributed by atoms with Crippen LogP contribution in [0.4, 0.5) is 11.8 Å². The predicted octanol–water partition coefficient (Wildman–Crippen LogP) is 2.03. The Labute approximate surface area is 91.4 Å². The molecule has 1 fully saturated rings. The van der Waals surface area contributed by atoms with Crippen LogP contribution in [0.1, 0.15) is 19.8 Å². The van der Waals surface area contributed by atoms with Crippen LogP contribution in [0.15, 0.2) is 10.7 Å². The molecule has 1 aliphatic carbocycles. The molecule has 1 aromatic heterocycles. The summed E-state index contributed by atoms with van der Waals surface area (Å²) in [5, 5.41) is 3.20. The number of halogens is 1. The molecule has 0 saturated heterocycles. The van der Waals surface area contributed by atoms with E-state index in [1.54, 1.807) is 6.07 Å². The zero-order valence-electron chi connectivity index (χ0n) is 8.05. The van der Waals surface area contributed by atoms with Crippen molar-refractivity contribution < 1.29 is 0 Å². The molecular weight excluding hydrogens is 244 g/mol. The van der Waals surface area contributed by atoms with Gasteiger partial charge in [-0.05, 0) is 34.2 Å². The Hall–Kier alpha value is -0.840. The summed E-state index contributed by atoms with van der Waals surface area (Å²) in [4.78, 5) is 8.27. The molecule has 4 nitrogen and oxygen atoms in total. The van der Waals surface area contributed by atoms with E-state index in [1.807, 2.05) is 0 Å². The van der Waals surface area contributed by atoms with E-state index in [0.29, 0.717) is 21.8 Å². The van der Waals surface area contributed by atoms with Crippen LogP contribution in [0.5, 0.6) is 0 Å². The molecular formula is C9H13BrN4. The molecule has 0 bridgehead atoms. The molecule has 3 N–H and O–H groups in total. The lowest BCUT2D eigenvalue weighted by Gasteiger charge is -2.10. The van der Waals surface area contributed by atoms with E-state index in [2.05, 4.69) is 38.1 Å². The summed E-state index contributed by atoms with van der Waals surface area (Å²) >= 11 is 3.28. The number of aromatic nitrogens is 2. The van der Waals surface area contributed by atoms with Gasteiger partial charge in [0.25, 0.3) is 0 Å². The highest BCUT2D eigenvalue weighted by Crippen LogP contribution is 2.44. The largest absolute Gasteiger partial charge is 0.383 e. The number of nitrogens with zero attached hydrogens (tertiary/aromatic N) is 2. The van der Waals surface area contributed by atoms with Gasteiger partial charge in [-0.1, -0.05) is 6.92 Å². The van der Waals surface area contributed by atoms with Crippen molar-refractivity contribution in [1.29, 1.82) is 0 Å². The Bertz CT molecular complexity index is 328. The minimum absolute atomic E-state index is 0.445. The second-order valence-electron chi connectivity index (χ2n) is 4.10. The van der Waals surface area contributed by atoms with Gasteiger partial charge < -0.3 is 11.1 Å². The molecule has 5 heteroatoms. The summed E-state index contributed by atoms with van der Waals surface area (Å²) in [6, 6.07) is 1.68. The first-order valence-corrected chi connectivity index (χ1v) is 5.41. The maximum absolute atomic E-state index is 5.59. The number of nitrogen functional groups attached to an aromatic ring is 1. The normalized spacial score (nSPS) is 17.9. The molecule has 1 aliphatic rings. The van der Waals surface area contributed by atoms with Crippen molar-refractivity contribution >= 4 is 27.7 Å². The van der Waals surface area contributed by atoms with E-state index in [1.165, 1.54) is 12.8 Å². The van der Waals surface area contributed by atoms with Gasteiger partial charge in [-0.15, -0.1) is 0 Å². The summed E-state index contributed by atoms with van der Waals surface area (Å²) in [5.41, 5.74) is 6.04. The average molecular weight is 257 g/mol. The van der Waals surface area contributed by atoms with E-state index in [4.69, 9.17) is 5.73 Å². The number of nitrogens with one attached hydrogen (secondary N) is 1. The highest BCUT2D eigenvalue weighted by molar-refractivity contribution is 9.10. The first-order valence-electron chi connectivity index (χ1n) is 4.61. The molecule has 0 radical (unpaired) electrons. The molecule has 1 saturated carbocycles. The van der Waals surface area contributed by atoms with Gasteiger partial charge in [-0.25, -0.2) is 4.98 Å². The van der Waals surface area contributed by atoms with Crippen LogP contribution < -0.4 is 11.1 Å². The third-order valence-electron chi connectivity index (χ3n) is 2.49. The molecule has 14 heavy (non-hydrogen) atoms. The van der Waals surface area contributed by atoms with E-state index >= 15 is 0 Å². The van der Waals surface area contributed by atoms with Crippen LogP contribution in [0, 0.1) is 5.41 Å². The molecule has 1 aromatic rings. The first-order chi connectivity index (χ1) is 6.57. The first kappa shape index (κ1) is 9.71. The van der Waals surface area contributed by atoms with Gasteiger partial charge in [-0.2, -0.15) is 4.98 Å². The smallest absolute Gasteiger partial charge is 0.225 e. The molecule has 0 amide bonds. The lowest BCUT2D eigenvalue weighted by molar-refractivity contribution is 0.607. The van der Waals surface area contributed by atoms with Crippen molar-refractivity contribution in [2.24, 2.45) is 5.41 Å². The summed E-state index contributed by atoms with van der Waals surface area (Å²) < 4.78 is 0.716. The predicted molar refractivity (Wildman–Crippen MR) is 60.0 cm³/mol. The zero-order valence-corrected chi connectivity index (χ0v) is 9.63. The Kier molecular flexibility index (Phi) is 2.34. The summed E-state index contributed by atoms with van der Waals surface area (Å²) in [6.07, 6.45) is 2.56. The van der Waals surface area contributed by atoms with Gasteiger partial charge in [0.1, 0.15) is 10.4 Å².